The fourth-order valence-corrected chi connectivity index (χ4v) is 1.70. The Morgan fingerprint density at radius 1 is 1.26 bits per heavy atom. The number of hydrogen-bond donors (Lipinski definition) is 1. The number of rotatable bonds is 4. The van der Waals surface area contributed by atoms with Crippen LogP contribution in [0, 0.1) is 17.2 Å². The summed E-state index contributed by atoms with van der Waals surface area (Å²) in [6.07, 6.45) is 3.69. The summed E-state index contributed by atoms with van der Waals surface area (Å²) in [5.74, 6) is -1.01. The predicted octanol–water partition coefficient (Wildman–Crippen LogP) is 2.40. The molecule has 0 radical (unpaired) electrons. The van der Waals surface area contributed by atoms with E-state index < -0.39 is 5.92 Å². The molecule has 1 aromatic carbocycles. The lowest BCUT2D eigenvalue weighted by molar-refractivity contribution is -0.118. The minimum absolute atomic E-state index is 0.294. The second kappa shape index (κ2) is 6.31. The lowest BCUT2D eigenvalue weighted by atomic mass is 10.0. The van der Waals surface area contributed by atoms with Crippen molar-refractivity contribution in [1.29, 1.82) is 5.26 Å². The van der Waals surface area contributed by atoms with Gasteiger partial charge in [-0.1, -0.05) is 24.3 Å². The van der Waals surface area contributed by atoms with Crippen molar-refractivity contribution in [1.82, 2.24) is 4.98 Å². The molecule has 1 N–H and O–H groups in total. The molecule has 1 amide bonds. The topological polar surface area (TPSA) is 65.8 Å². The van der Waals surface area contributed by atoms with Crippen molar-refractivity contribution >= 4 is 11.6 Å². The Morgan fingerprint density at radius 2 is 2.05 bits per heavy atom. The number of anilines is 1. The van der Waals surface area contributed by atoms with Gasteiger partial charge in [-0.2, -0.15) is 5.26 Å². The van der Waals surface area contributed by atoms with E-state index in [1.807, 2.05) is 30.3 Å². The molecule has 0 aliphatic carbocycles. The first-order valence-electron chi connectivity index (χ1n) is 5.94. The summed E-state index contributed by atoms with van der Waals surface area (Å²) in [5.41, 5.74) is 1.57. The normalized spacial score (nSPS) is 11.3. The first kappa shape index (κ1) is 12.8. The van der Waals surface area contributed by atoms with Crippen LogP contribution in [0.3, 0.4) is 0 Å². The van der Waals surface area contributed by atoms with Gasteiger partial charge in [0.2, 0.25) is 5.91 Å². The zero-order valence-electron chi connectivity index (χ0n) is 10.3. The molecule has 4 heteroatoms. The van der Waals surface area contributed by atoms with Crippen LogP contribution in [-0.2, 0) is 11.2 Å². The number of para-hydroxylation sites is 1. The number of benzene rings is 1. The SMILES string of the molecule is N#CC(Cc1cccnc1)C(=O)Nc1ccccc1. The molecular weight excluding hydrogens is 238 g/mol. The maximum absolute atomic E-state index is 12.0. The van der Waals surface area contributed by atoms with Crippen LogP contribution in [0.4, 0.5) is 5.69 Å². The predicted molar refractivity (Wildman–Crippen MR) is 72.1 cm³/mol. The molecule has 4 nitrogen and oxygen atoms in total. The Labute approximate surface area is 111 Å². The molecular formula is C15H13N3O. The zero-order valence-corrected chi connectivity index (χ0v) is 10.3. The number of carbonyl (C=O) groups excluding carboxylic acids is 1. The lowest BCUT2D eigenvalue weighted by Gasteiger charge is -2.10. The maximum atomic E-state index is 12.0. The average molecular weight is 251 g/mol. The number of hydrogen-bond acceptors (Lipinski definition) is 3. The Kier molecular flexibility index (Phi) is 4.25. The lowest BCUT2D eigenvalue weighted by Crippen LogP contribution is -2.23. The number of nitriles is 1. The van der Waals surface area contributed by atoms with Crippen LogP contribution in [0.5, 0.6) is 0 Å². The molecule has 0 saturated carbocycles. The fraction of sp³-hybridized carbons (Fsp3) is 0.133. The highest BCUT2D eigenvalue weighted by atomic mass is 16.1. The van der Waals surface area contributed by atoms with Crippen molar-refractivity contribution in [2.24, 2.45) is 5.92 Å². The van der Waals surface area contributed by atoms with Gasteiger partial charge in [0.05, 0.1) is 6.07 Å². The molecule has 2 rings (SSSR count). The molecule has 0 fully saturated rings. The third-order valence-corrected chi connectivity index (χ3v) is 2.68. The van der Waals surface area contributed by atoms with E-state index in [0.29, 0.717) is 12.1 Å². The molecule has 1 heterocycles. The third-order valence-electron chi connectivity index (χ3n) is 2.68. The monoisotopic (exact) mass is 251 g/mol. The van der Waals surface area contributed by atoms with Crippen LogP contribution in [0.15, 0.2) is 54.9 Å². The van der Waals surface area contributed by atoms with Gasteiger partial charge in [0.25, 0.3) is 0 Å². The van der Waals surface area contributed by atoms with E-state index in [4.69, 9.17) is 5.26 Å². The quantitative estimate of drug-likeness (QED) is 0.907. The number of carbonyl (C=O) groups is 1. The standard InChI is InChI=1S/C15H13N3O/c16-10-13(9-12-5-4-8-17-11-12)15(19)18-14-6-2-1-3-7-14/h1-8,11,13H,9H2,(H,18,19). The number of aromatic nitrogens is 1. The molecule has 0 saturated heterocycles. The molecule has 0 spiro atoms. The molecule has 1 aromatic heterocycles. The average Bonchev–Trinajstić information content (AvgIpc) is 2.47. The van der Waals surface area contributed by atoms with E-state index in [-0.39, 0.29) is 5.91 Å². The highest BCUT2D eigenvalue weighted by molar-refractivity contribution is 5.94. The third kappa shape index (κ3) is 3.65. The molecule has 0 aliphatic heterocycles. The van der Waals surface area contributed by atoms with Crippen LogP contribution < -0.4 is 5.32 Å². The molecule has 0 aliphatic rings. The minimum atomic E-state index is -0.718. The molecule has 2 aromatic rings. The van der Waals surface area contributed by atoms with Crippen molar-refractivity contribution in [2.75, 3.05) is 5.32 Å². The maximum Gasteiger partial charge on any atom is 0.242 e. The van der Waals surface area contributed by atoms with Crippen LogP contribution in [0.2, 0.25) is 0 Å². The van der Waals surface area contributed by atoms with Gasteiger partial charge in [0.1, 0.15) is 5.92 Å². The highest BCUT2D eigenvalue weighted by Crippen LogP contribution is 2.11. The van der Waals surface area contributed by atoms with Gasteiger partial charge in [-0.05, 0) is 30.2 Å². The molecule has 19 heavy (non-hydrogen) atoms. The zero-order chi connectivity index (χ0) is 13.5. The van der Waals surface area contributed by atoms with E-state index in [1.165, 1.54) is 0 Å². The smallest absolute Gasteiger partial charge is 0.242 e. The first-order valence-corrected chi connectivity index (χ1v) is 5.94. The van der Waals surface area contributed by atoms with Crippen molar-refractivity contribution in [3.63, 3.8) is 0 Å². The van der Waals surface area contributed by atoms with Crippen LogP contribution >= 0.6 is 0 Å². The summed E-state index contributed by atoms with van der Waals surface area (Å²) in [6, 6.07) is 14.8. The summed E-state index contributed by atoms with van der Waals surface area (Å²) < 4.78 is 0. The van der Waals surface area contributed by atoms with Crippen molar-refractivity contribution in [3.05, 3.63) is 60.4 Å². The van der Waals surface area contributed by atoms with Gasteiger partial charge in [-0.15, -0.1) is 0 Å². The summed E-state index contributed by atoms with van der Waals surface area (Å²) >= 11 is 0. The highest BCUT2D eigenvalue weighted by Gasteiger charge is 2.18. The molecule has 0 bridgehead atoms. The summed E-state index contributed by atoms with van der Waals surface area (Å²) in [7, 11) is 0. The van der Waals surface area contributed by atoms with Gasteiger partial charge in [0, 0.05) is 18.1 Å². The van der Waals surface area contributed by atoms with Crippen molar-refractivity contribution < 1.29 is 4.79 Å². The van der Waals surface area contributed by atoms with E-state index in [9.17, 15) is 4.79 Å². The van der Waals surface area contributed by atoms with Gasteiger partial charge < -0.3 is 5.32 Å². The Morgan fingerprint density at radius 3 is 2.68 bits per heavy atom. The number of pyridine rings is 1. The Bertz CT molecular complexity index is 575. The van der Waals surface area contributed by atoms with Crippen molar-refractivity contribution in [3.8, 4) is 6.07 Å². The van der Waals surface area contributed by atoms with E-state index in [2.05, 4.69) is 10.3 Å². The van der Waals surface area contributed by atoms with Gasteiger partial charge in [-0.3, -0.25) is 9.78 Å². The summed E-state index contributed by atoms with van der Waals surface area (Å²) in [6.45, 7) is 0. The van der Waals surface area contributed by atoms with E-state index in [0.717, 1.165) is 5.56 Å². The Balaban J connectivity index is 2.02. The second-order valence-electron chi connectivity index (χ2n) is 4.10. The van der Waals surface area contributed by atoms with E-state index in [1.54, 1.807) is 30.6 Å². The Hall–Kier alpha value is -2.67. The van der Waals surface area contributed by atoms with Crippen LogP contribution in [0.1, 0.15) is 5.56 Å². The largest absolute Gasteiger partial charge is 0.325 e. The van der Waals surface area contributed by atoms with Gasteiger partial charge in [0.15, 0.2) is 0 Å². The molecule has 1 atom stereocenters. The minimum Gasteiger partial charge on any atom is -0.325 e. The fourth-order valence-electron chi connectivity index (χ4n) is 1.70. The van der Waals surface area contributed by atoms with Crippen LogP contribution in [0.25, 0.3) is 0 Å². The van der Waals surface area contributed by atoms with Gasteiger partial charge in [-0.25, -0.2) is 0 Å². The number of nitrogens with zero attached hydrogens (tertiary/aromatic N) is 2. The second-order valence-corrected chi connectivity index (χ2v) is 4.10. The number of amides is 1. The van der Waals surface area contributed by atoms with Crippen LogP contribution in [-0.4, -0.2) is 10.9 Å². The van der Waals surface area contributed by atoms with E-state index >= 15 is 0 Å². The molecule has 94 valence electrons. The summed E-state index contributed by atoms with van der Waals surface area (Å²) in [5, 5.41) is 11.8. The van der Waals surface area contributed by atoms with Gasteiger partial charge >= 0.3 is 0 Å². The molecule has 1 unspecified atom stereocenters. The van der Waals surface area contributed by atoms with Crippen molar-refractivity contribution in [2.45, 2.75) is 6.42 Å². The number of nitrogens with one attached hydrogen (secondary N) is 1. The summed E-state index contributed by atoms with van der Waals surface area (Å²) in [4.78, 5) is 16.0. The first-order chi connectivity index (χ1) is 9.29.